The smallest absolute Gasteiger partial charge is 0.131 e. The fourth-order valence-electron chi connectivity index (χ4n) is 1.87. The molecule has 2 heterocycles. The number of piperidine rings is 1. The van der Waals surface area contributed by atoms with Crippen molar-refractivity contribution in [2.45, 2.75) is 12.8 Å². The summed E-state index contributed by atoms with van der Waals surface area (Å²) >= 11 is 0. The lowest BCUT2D eigenvalue weighted by atomic mass is 9.97. The number of halogens is 2. The van der Waals surface area contributed by atoms with Crippen molar-refractivity contribution in [2.75, 3.05) is 24.5 Å². The highest BCUT2D eigenvalue weighted by Crippen LogP contribution is 2.19. The van der Waals surface area contributed by atoms with Gasteiger partial charge < -0.3 is 10.6 Å². The summed E-state index contributed by atoms with van der Waals surface area (Å²) in [6.07, 6.45) is 5.75. The number of hydrogen-bond donors (Lipinski definition) is 1. The minimum Gasteiger partial charge on any atom is -0.357 e. The average Bonchev–Trinajstić information content (AvgIpc) is 2.30. The van der Waals surface area contributed by atoms with Crippen molar-refractivity contribution in [1.82, 2.24) is 9.97 Å². The van der Waals surface area contributed by atoms with Crippen molar-refractivity contribution in [1.29, 1.82) is 0 Å². The summed E-state index contributed by atoms with van der Waals surface area (Å²) in [5.41, 5.74) is 5.64. The molecule has 1 aromatic heterocycles. The lowest BCUT2D eigenvalue weighted by molar-refractivity contribution is 0.413. The number of nitrogens with two attached hydrogens (primary N) is 1. The molecule has 0 saturated carbocycles. The van der Waals surface area contributed by atoms with Crippen molar-refractivity contribution in [2.24, 2.45) is 11.7 Å². The zero-order chi connectivity index (χ0) is 9.80. The van der Waals surface area contributed by atoms with Crippen molar-refractivity contribution >= 4 is 30.6 Å². The number of anilines is 1. The molecule has 0 atom stereocenters. The van der Waals surface area contributed by atoms with Gasteiger partial charge in [-0.05, 0) is 31.4 Å². The van der Waals surface area contributed by atoms with Gasteiger partial charge in [0.1, 0.15) is 12.1 Å². The Labute approximate surface area is 108 Å². The van der Waals surface area contributed by atoms with Gasteiger partial charge in [0.05, 0.1) is 0 Å². The Morgan fingerprint density at radius 3 is 2.50 bits per heavy atom. The van der Waals surface area contributed by atoms with E-state index in [0.717, 1.165) is 25.5 Å². The molecule has 1 aliphatic rings. The van der Waals surface area contributed by atoms with E-state index < -0.39 is 0 Å². The van der Waals surface area contributed by atoms with Crippen molar-refractivity contribution in [3.63, 3.8) is 0 Å². The lowest BCUT2D eigenvalue weighted by Gasteiger charge is -2.31. The minimum absolute atomic E-state index is 0. The molecular formula is C10H18Cl2N4. The van der Waals surface area contributed by atoms with Crippen LogP contribution >= 0.6 is 24.8 Å². The molecule has 2 N–H and O–H groups in total. The van der Waals surface area contributed by atoms with Crippen LogP contribution in [0.3, 0.4) is 0 Å². The van der Waals surface area contributed by atoms with E-state index in [9.17, 15) is 0 Å². The second-order valence-corrected chi connectivity index (χ2v) is 3.73. The van der Waals surface area contributed by atoms with Gasteiger partial charge in [0.25, 0.3) is 0 Å². The summed E-state index contributed by atoms with van der Waals surface area (Å²) in [7, 11) is 0. The first-order chi connectivity index (χ1) is 6.90. The summed E-state index contributed by atoms with van der Waals surface area (Å²) in [4.78, 5) is 10.4. The van der Waals surface area contributed by atoms with E-state index >= 15 is 0 Å². The van der Waals surface area contributed by atoms with Gasteiger partial charge in [0.15, 0.2) is 0 Å². The molecule has 92 valence electrons. The zero-order valence-corrected chi connectivity index (χ0v) is 10.7. The molecule has 1 fully saturated rings. The average molecular weight is 265 g/mol. The van der Waals surface area contributed by atoms with Crippen LogP contribution in [0.2, 0.25) is 0 Å². The largest absolute Gasteiger partial charge is 0.357 e. The van der Waals surface area contributed by atoms with E-state index in [4.69, 9.17) is 5.73 Å². The van der Waals surface area contributed by atoms with Gasteiger partial charge in [-0.15, -0.1) is 24.8 Å². The number of nitrogens with zero attached hydrogens (tertiary/aromatic N) is 3. The fraction of sp³-hybridized carbons (Fsp3) is 0.600. The van der Waals surface area contributed by atoms with Gasteiger partial charge in [-0.25, -0.2) is 9.97 Å². The molecule has 1 aliphatic heterocycles. The van der Waals surface area contributed by atoms with E-state index in [1.54, 1.807) is 12.5 Å². The van der Waals surface area contributed by atoms with Crippen LogP contribution in [0.1, 0.15) is 12.8 Å². The molecule has 0 amide bonds. The van der Waals surface area contributed by atoms with E-state index in [1.165, 1.54) is 12.8 Å². The lowest BCUT2D eigenvalue weighted by Crippen LogP contribution is -2.36. The molecule has 0 unspecified atom stereocenters. The van der Waals surface area contributed by atoms with E-state index in [0.29, 0.717) is 5.92 Å². The van der Waals surface area contributed by atoms with Crippen molar-refractivity contribution < 1.29 is 0 Å². The van der Waals surface area contributed by atoms with Crippen LogP contribution in [0.15, 0.2) is 18.6 Å². The zero-order valence-electron chi connectivity index (χ0n) is 9.08. The Hall–Kier alpha value is -0.580. The second-order valence-electron chi connectivity index (χ2n) is 3.73. The number of aromatic nitrogens is 2. The van der Waals surface area contributed by atoms with Gasteiger partial charge in [-0.3, -0.25) is 0 Å². The Kier molecular flexibility index (Phi) is 7.38. The van der Waals surface area contributed by atoms with Crippen LogP contribution < -0.4 is 10.6 Å². The van der Waals surface area contributed by atoms with Crippen LogP contribution in [-0.2, 0) is 0 Å². The Balaban J connectivity index is 0.00000112. The van der Waals surface area contributed by atoms with E-state index in [1.807, 2.05) is 6.07 Å². The third kappa shape index (κ3) is 3.77. The second kappa shape index (κ2) is 7.65. The van der Waals surface area contributed by atoms with Gasteiger partial charge >= 0.3 is 0 Å². The molecule has 0 radical (unpaired) electrons. The molecule has 1 saturated heterocycles. The highest BCUT2D eigenvalue weighted by Gasteiger charge is 2.18. The maximum Gasteiger partial charge on any atom is 0.131 e. The van der Waals surface area contributed by atoms with Gasteiger partial charge in [0.2, 0.25) is 0 Å². The topological polar surface area (TPSA) is 55.0 Å². The first-order valence-corrected chi connectivity index (χ1v) is 5.11. The predicted octanol–water partition coefficient (Wildman–Crippen LogP) is 1.50. The fourth-order valence-corrected chi connectivity index (χ4v) is 1.87. The Morgan fingerprint density at radius 1 is 1.31 bits per heavy atom. The molecule has 16 heavy (non-hydrogen) atoms. The van der Waals surface area contributed by atoms with Gasteiger partial charge in [-0.2, -0.15) is 0 Å². The minimum atomic E-state index is 0. The van der Waals surface area contributed by atoms with Crippen molar-refractivity contribution in [3.05, 3.63) is 18.6 Å². The first-order valence-electron chi connectivity index (χ1n) is 5.11. The highest BCUT2D eigenvalue weighted by atomic mass is 35.5. The molecule has 1 aromatic rings. The Morgan fingerprint density at radius 2 is 2.00 bits per heavy atom. The SMILES string of the molecule is Cl.Cl.NCC1CCN(c2ccncn2)CC1. The standard InChI is InChI=1S/C10H16N4.2ClH/c11-7-9-2-5-14(6-3-9)10-1-4-12-8-13-10;;/h1,4,8-9H,2-3,5-7,11H2;2*1H. The van der Waals surface area contributed by atoms with Crippen LogP contribution in [0.5, 0.6) is 0 Å². The van der Waals surface area contributed by atoms with Crippen LogP contribution in [0.25, 0.3) is 0 Å². The van der Waals surface area contributed by atoms with Crippen LogP contribution in [-0.4, -0.2) is 29.6 Å². The van der Waals surface area contributed by atoms with Crippen LogP contribution in [0, 0.1) is 5.92 Å². The molecule has 4 nitrogen and oxygen atoms in total. The molecule has 6 heteroatoms. The third-order valence-electron chi connectivity index (χ3n) is 2.84. The molecule has 0 aromatic carbocycles. The molecule has 2 rings (SSSR count). The summed E-state index contributed by atoms with van der Waals surface area (Å²) in [6.45, 7) is 2.95. The predicted molar refractivity (Wildman–Crippen MR) is 70.5 cm³/mol. The third-order valence-corrected chi connectivity index (χ3v) is 2.84. The van der Waals surface area contributed by atoms with E-state index in [2.05, 4.69) is 14.9 Å². The molecular weight excluding hydrogens is 247 g/mol. The maximum absolute atomic E-state index is 5.64. The molecule has 0 spiro atoms. The van der Waals surface area contributed by atoms with Gasteiger partial charge in [-0.1, -0.05) is 0 Å². The van der Waals surface area contributed by atoms with Crippen LogP contribution in [0.4, 0.5) is 5.82 Å². The quantitative estimate of drug-likeness (QED) is 0.880. The summed E-state index contributed by atoms with van der Waals surface area (Å²) in [6, 6.07) is 1.96. The summed E-state index contributed by atoms with van der Waals surface area (Å²) < 4.78 is 0. The van der Waals surface area contributed by atoms with Gasteiger partial charge in [0, 0.05) is 19.3 Å². The van der Waals surface area contributed by atoms with Crippen molar-refractivity contribution in [3.8, 4) is 0 Å². The highest BCUT2D eigenvalue weighted by molar-refractivity contribution is 5.85. The normalized spacial score (nSPS) is 16.2. The molecule has 0 bridgehead atoms. The number of hydrogen-bond acceptors (Lipinski definition) is 4. The molecule has 0 aliphatic carbocycles. The maximum atomic E-state index is 5.64. The summed E-state index contributed by atoms with van der Waals surface area (Å²) in [5, 5.41) is 0. The number of rotatable bonds is 2. The monoisotopic (exact) mass is 264 g/mol. The van der Waals surface area contributed by atoms with E-state index in [-0.39, 0.29) is 24.8 Å². The Bertz CT molecular complexity index is 275. The first kappa shape index (κ1) is 15.4. The summed E-state index contributed by atoms with van der Waals surface area (Å²) in [5.74, 6) is 1.74.